The van der Waals surface area contributed by atoms with Gasteiger partial charge in [-0.2, -0.15) is 13.2 Å². The van der Waals surface area contributed by atoms with Crippen molar-refractivity contribution in [2.45, 2.75) is 31.0 Å². The number of halogens is 3. The van der Waals surface area contributed by atoms with E-state index < -0.39 is 17.2 Å². The van der Waals surface area contributed by atoms with Gasteiger partial charge in [-0.1, -0.05) is 24.3 Å². The minimum atomic E-state index is -4.43. The third-order valence-corrected chi connectivity index (χ3v) is 7.52. The zero-order valence-electron chi connectivity index (χ0n) is 19.7. The van der Waals surface area contributed by atoms with Crippen LogP contribution in [0.15, 0.2) is 67.1 Å². The summed E-state index contributed by atoms with van der Waals surface area (Å²) in [5.41, 5.74) is 1.24. The monoisotopic (exact) mass is 491 g/mol. The lowest BCUT2D eigenvalue weighted by molar-refractivity contribution is -0.137. The number of piperidine rings is 1. The van der Waals surface area contributed by atoms with Crippen molar-refractivity contribution in [2.75, 3.05) is 18.0 Å². The van der Waals surface area contributed by atoms with Gasteiger partial charge in [0.15, 0.2) is 0 Å². The van der Waals surface area contributed by atoms with Crippen LogP contribution in [0.5, 0.6) is 0 Å². The van der Waals surface area contributed by atoms with Gasteiger partial charge >= 0.3 is 6.18 Å². The van der Waals surface area contributed by atoms with Crippen LogP contribution in [0.2, 0.25) is 0 Å². The number of benzene rings is 2. The lowest BCUT2D eigenvalue weighted by Gasteiger charge is -2.38. The van der Waals surface area contributed by atoms with Gasteiger partial charge in [0, 0.05) is 24.8 Å². The first-order valence-electron chi connectivity index (χ1n) is 11.9. The number of para-hydroxylation sites is 1. The van der Waals surface area contributed by atoms with Crippen LogP contribution >= 0.6 is 0 Å². The molecule has 1 saturated heterocycles. The van der Waals surface area contributed by atoms with Gasteiger partial charge in [0.1, 0.15) is 5.82 Å². The summed E-state index contributed by atoms with van der Waals surface area (Å²) < 4.78 is 41.4. The highest BCUT2D eigenvalue weighted by Crippen LogP contribution is 2.50. The Bertz CT molecular complexity index is 1470. The number of imidazole rings is 1. The maximum absolute atomic E-state index is 14.1. The quantitative estimate of drug-likeness (QED) is 0.395. The minimum Gasteiger partial charge on any atom is -0.337 e. The Balaban J connectivity index is 1.32. The Labute approximate surface area is 206 Å². The van der Waals surface area contributed by atoms with Crippen molar-refractivity contribution in [3.63, 3.8) is 0 Å². The summed E-state index contributed by atoms with van der Waals surface area (Å²) in [6.45, 7) is 2.25. The zero-order valence-corrected chi connectivity index (χ0v) is 19.7. The Hall–Kier alpha value is -3.72. The summed E-state index contributed by atoms with van der Waals surface area (Å²) in [6, 6.07) is 13.0. The molecular weight excluding hydrogens is 467 g/mol. The van der Waals surface area contributed by atoms with Crippen LogP contribution in [0, 0.1) is 0 Å². The van der Waals surface area contributed by atoms with Gasteiger partial charge in [-0.15, -0.1) is 0 Å². The number of alkyl halides is 3. The van der Waals surface area contributed by atoms with Crippen LogP contribution in [-0.4, -0.2) is 38.4 Å². The number of rotatable bonds is 3. The highest BCUT2D eigenvalue weighted by molar-refractivity contribution is 6.13. The molecule has 0 N–H and O–H groups in total. The molecule has 1 amide bonds. The van der Waals surface area contributed by atoms with Crippen molar-refractivity contribution in [2.24, 2.45) is 7.05 Å². The van der Waals surface area contributed by atoms with Gasteiger partial charge < -0.3 is 4.57 Å². The fraction of sp³-hybridized carbons (Fsp3) is 0.296. The lowest BCUT2D eigenvalue weighted by atomic mass is 9.73. The Morgan fingerprint density at radius 3 is 2.53 bits per heavy atom. The molecule has 0 saturated carbocycles. The molecule has 2 aliphatic heterocycles. The first kappa shape index (κ1) is 22.7. The van der Waals surface area contributed by atoms with Crippen molar-refractivity contribution in [1.82, 2.24) is 19.4 Å². The largest absolute Gasteiger partial charge is 0.416 e. The molecule has 4 heterocycles. The molecule has 6 rings (SSSR count). The number of nitrogens with zero attached hydrogens (tertiary/aromatic N) is 5. The van der Waals surface area contributed by atoms with Crippen LogP contribution in [0.3, 0.4) is 0 Å². The van der Waals surface area contributed by atoms with Crippen LogP contribution in [-0.2, 0) is 30.0 Å². The summed E-state index contributed by atoms with van der Waals surface area (Å²) >= 11 is 0. The number of aromatic nitrogens is 3. The summed E-state index contributed by atoms with van der Waals surface area (Å²) in [5, 5.41) is 0.552. The number of pyridine rings is 1. The number of carbonyl (C=O) groups excluding carboxylic acids is 1. The highest BCUT2D eigenvalue weighted by atomic mass is 19.4. The smallest absolute Gasteiger partial charge is 0.337 e. The van der Waals surface area contributed by atoms with Crippen molar-refractivity contribution in [3.05, 3.63) is 84.1 Å². The summed E-state index contributed by atoms with van der Waals surface area (Å²) in [5.74, 6) is 0.982. The summed E-state index contributed by atoms with van der Waals surface area (Å²) in [7, 11) is 1.98. The SMILES string of the molecule is Cn1ccnc1CN1CCC2(CC1)C(=O)N(c1cnc3cc(C(F)(F)F)ccc3c1)c1ccccc12. The number of fused-ring (bicyclic) bond motifs is 3. The van der Waals surface area contributed by atoms with E-state index in [1.165, 1.54) is 12.3 Å². The number of carbonyl (C=O) groups is 1. The van der Waals surface area contributed by atoms with E-state index in [4.69, 9.17) is 0 Å². The summed E-state index contributed by atoms with van der Waals surface area (Å²) in [4.78, 5) is 26.8. The molecule has 0 bridgehead atoms. The van der Waals surface area contributed by atoms with Crippen molar-refractivity contribution >= 4 is 28.2 Å². The second-order valence-corrected chi connectivity index (χ2v) is 9.57. The van der Waals surface area contributed by atoms with Gasteiger partial charge in [0.2, 0.25) is 5.91 Å². The molecule has 9 heteroatoms. The molecule has 0 atom stereocenters. The Morgan fingerprint density at radius 2 is 1.81 bits per heavy atom. The first-order chi connectivity index (χ1) is 17.3. The predicted molar refractivity (Wildman–Crippen MR) is 130 cm³/mol. The number of likely N-dealkylation sites (tertiary alicyclic amines) is 1. The number of aryl methyl sites for hydroxylation is 1. The Morgan fingerprint density at radius 1 is 1.03 bits per heavy atom. The Kier molecular flexibility index (Phi) is 5.15. The number of hydrogen-bond donors (Lipinski definition) is 0. The van der Waals surface area contributed by atoms with Gasteiger partial charge in [-0.3, -0.25) is 19.6 Å². The van der Waals surface area contributed by atoms with Gasteiger partial charge in [-0.05, 0) is 55.8 Å². The molecule has 36 heavy (non-hydrogen) atoms. The molecule has 184 valence electrons. The summed E-state index contributed by atoms with van der Waals surface area (Å²) in [6.07, 6.45) is 2.13. The molecule has 2 aliphatic rings. The van der Waals surface area contributed by atoms with E-state index in [1.807, 2.05) is 42.1 Å². The van der Waals surface area contributed by atoms with E-state index in [0.717, 1.165) is 48.8 Å². The van der Waals surface area contributed by atoms with Gasteiger partial charge in [0.25, 0.3) is 0 Å². The fourth-order valence-electron chi connectivity index (χ4n) is 5.50. The van der Waals surface area contributed by atoms with E-state index in [2.05, 4.69) is 14.9 Å². The maximum Gasteiger partial charge on any atom is 0.416 e. The van der Waals surface area contributed by atoms with E-state index in [9.17, 15) is 18.0 Å². The third kappa shape index (κ3) is 3.57. The average molecular weight is 492 g/mol. The van der Waals surface area contributed by atoms with Crippen molar-refractivity contribution in [1.29, 1.82) is 0 Å². The van der Waals surface area contributed by atoms with Crippen LogP contribution in [0.25, 0.3) is 10.9 Å². The molecule has 1 fully saturated rings. The molecule has 0 aliphatic carbocycles. The fourth-order valence-corrected chi connectivity index (χ4v) is 5.50. The number of anilines is 2. The zero-order chi connectivity index (χ0) is 25.1. The van der Waals surface area contributed by atoms with E-state index in [-0.39, 0.29) is 11.4 Å². The molecule has 2 aromatic heterocycles. The number of amides is 1. The standard InChI is InChI=1S/C27H24F3N5O/c1-33-13-10-31-24(33)17-34-11-8-26(9-12-34)21-4-2-3-5-23(21)35(25(26)36)20-14-18-6-7-19(27(28,29)30)15-22(18)32-16-20/h2-7,10,13-16H,8-9,11-12,17H2,1H3. The van der Waals surface area contributed by atoms with E-state index >= 15 is 0 Å². The second kappa shape index (κ2) is 8.16. The van der Waals surface area contributed by atoms with Gasteiger partial charge in [0.05, 0.1) is 40.6 Å². The predicted octanol–water partition coefficient (Wildman–Crippen LogP) is 5.20. The van der Waals surface area contributed by atoms with Crippen LogP contribution in [0.1, 0.15) is 29.8 Å². The van der Waals surface area contributed by atoms with Crippen molar-refractivity contribution in [3.8, 4) is 0 Å². The molecule has 1 spiro atoms. The molecule has 0 radical (unpaired) electrons. The first-order valence-corrected chi connectivity index (χ1v) is 11.9. The normalized spacial score (nSPS) is 17.8. The van der Waals surface area contributed by atoms with Crippen LogP contribution in [0.4, 0.5) is 24.5 Å². The minimum absolute atomic E-state index is 0.00611. The topological polar surface area (TPSA) is 54.3 Å². The molecule has 4 aromatic rings. The van der Waals surface area contributed by atoms with Crippen molar-refractivity contribution < 1.29 is 18.0 Å². The average Bonchev–Trinajstić information content (AvgIpc) is 3.38. The molecular formula is C27H24F3N5O. The lowest BCUT2D eigenvalue weighted by Crippen LogP contribution is -2.47. The second-order valence-electron chi connectivity index (χ2n) is 9.57. The molecule has 6 nitrogen and oxygen atoms in total. The third-order valence-electron chi connectivity index (χ3n) is 7.52. The van der Waals surface area contributed by atoms with E-state index in [1.54, 1.807) is 17.2 Å². The van der Waals surface area contributed by atoms with Gasteiger partial charge in [-0.25, -0.2) is 4.98 Å². The molecule has 0 unspecified atom stereocenters. The maximum atomic E-state index is 14.1. The molecule has 2 aromatic carbocycles. The van der Waals surface area contributed by atoms with E-state index in [0.29, 0.717) is 23.9 Å². The van der Waals surface area contributed by atoms with Crippen LogP contribution < -0.4 is 4.90 Å². The number of hydrogen-bond acceptors (Lipinski definition) is 4. The highest BCUT2D eigenvalue weighted by Gasteiger charge is 2.52.